The second-order valence-electron chi connectivity index (χ2n) is 2.95. The van der Waals surface area contributed by atoms with E-state index in [0.717, 1.165) is 5.82 Å². The number of rotatable bonds is 2. The molecule has 0 aliphatic carbocycles. The maximum absolute atomic E-state index is 4.30. The van der Waals surface area contributed by atoms with Gasteiger partial charge < -0.3 is 4.90 Å². The molecule has 2 heteroatoms. The molecular formula is C12H20N2. The summed E-state index contributed by atoms with van der Waals surface area (Å²) < 4.78 is 0. The van der Waals surface area contributed by atoms with Gasteiger partial charge in [-0.2, -0.15) is 0 Å². The smallest absolute Gasteiger partial charge is 0.135 e. The maximum Gasteiger partial charge on any atom is 0.135 e. The molecule has 0 N–H and O–H groups in total. The summed E-state index contributed by atoms with van der Waals surface area (Å²) in [6.45, 7) is 11.8. The van der Waals surface area contributed by atoms with Crippen molar-refractivity contribution in [2.75, 3.05) is 11.9 Å². The van der Waals surface area contributed by atoms with E-state index in [4.69, 9.17) is 0 Å². The highest BCUT2D eigenvalue weighted by Crippen LogP contribution is 2.15. The first-order valence-electron chi connectivity index (χ1n) is 4.94. The molecule has 1 aromatic rings. The Bertz CT molecular complexity index is 292. The van der Waals surface area contributed by atoms with E-state index in [-0.39, 0.29) is 0 Å². The molecule has 2 nitrogen and oxygen atoms in total. The number of pyridine rings is 1. The van der Waals surface area contributed by atoms with Crippen molar-refractivity contribution in [1.82, 2.24) is 4.98 Å². The molecule has 0 saturated heterocycles. The van der Waals surface area contributed by atoms with Crippen LogP contribution in [-0.4, -0.2) is 12.0 Å². The van der Waals surface area contributed by atoms with E-state index in [0.29, 0.717) is 0 Å². The van der Waals surface area contributed by atoms with Crippen molar-refractivity contribution >= 4 is 5.82 Å². The van der Waals surface area contributed by atoms with Crippen LogP contribution in [0.1, 0.15) is 25.0 Å². The fourth-order valence-corrected chi connectivity index (χ4v) is 1.16. The van der Waals surface area contributed by atoms with E-state index in [1.54, 1.807) is 6.20 Å². The van der Waals surface area contributed by atoms with Crippen molar-refractivity contribution in [2.24, 2.45) is 0 Å². The molecular weight excluding hydrogens is 172 g/mol. The summed E-state index contributed by atoms with van der Waals surface area (Å²) in [5.41, 5.74) is 2.37. The van der Waals surface area contributed by atoms with Crippen LogP contribution in [0.25, 0.3) is 0 Å². The van der Waals surface area contributed by atoms with Gasteiger partial charge in [0.25, 0.3) is 0 Å². The number of aromatic nitrogens is 1. The van der Waals surface area contributed by atoms with E-state index in [2.05, 4.69) is 24.6 Å². The highest BCUT2D eigenvalue weighted by molar-refractivity contribution is 5.48. The minimum atomic E-state index is 0.968. The van der Waals surface area contributed by atoms with Gasteiger partial charge in [-0.3, -0.25) is 0 Å². The molecule has 78 valence electrons. The Balaban J connectivity index is 0.000000791. The molecule has 0 bridgehead atoms. The molecule has 0 unspecified atom stereocenters. The molecule has 14 heavy (non-hydrogen) atoms. The van der Waals surface area contributed by atoms with E-state index in [9.17, 15) is 0 Å². The SMILES string of the molecule is C=CN(C)c1ncc(C)cc1C.CC. The topological polar surface area (TPSA) is 16.1 Å². The van der Waals surface area contributed by atoms with Gasteiger partial charge in [-0.15, -0.1) is 0 Å². The van der Waals surface area contributed by atoms with Gasteiger partial charge in [0.15, 0.2) is 0 Å². The predicted octanol–water partition coefficient (Wildman–Crippen LogP) is 3.30. The van der Waals surface area contributed by atoms with E-state index >= 15 is 0 Å². The molecule has 0 fully saturated rings. The van der Waals surface area contributed by atoms with Gasteiger partial charge in [-0.1, -0.05) is 26.5 Å². The number of hydrogen-bond donors (Lipinski definition) is 0. The molecule has 0 atom stereocenters. The van der Waals surface area contributed by atoms with Gasteiger partial charge in [-0.05, 0) is 31.2 Å². The van der Waals surface area contributed by atoms with Crippen LogP contribution in [0.4, 0.5) is 5.82 Å². The summed E-state index contributed by atoms with van der Waals surface area (Å²) in [4.78, 5) is 6.21. The lowest BCUT2D eigenvalue weighted by Crippen LogP contribution is -2.10. The molecule has 0 amide bonds. The molecule has 1 rings (SSSR count). The third-order valence-corrected chi connectivity index (χ3v) is 1.80. The lowest BCUT2D eigenvalue weighted by Gasteiger charge is -2.14. The first kappa shape index (κ1) is 12.7. The molecule has 1 aromatic heterocycles. The van der Waals surface area contributed by atoms with Gasteiger partial charge in [-0.25, -0.2) is 4.98 Å². The fourth-order valence-electron chi connectivity index (χ4n) is 1.16. The van der Waals surface area contributed by atoms with Gasteiger partial charge in [0, 0.05) is 13.2 Å². The van der Waals surface area contributed by atoms with Gasteiger partial charge in [0.05, 0.1) is 0 Å². The first-order valence-corrected chi connectivity index (χ1v) is 4.94. The Kier molecular flexibility index (Phi) is 5.61. The Morgan fingerprint density at radius 2 is 1.93 bits per heavy atom. The predicted molar refractivity (Wildman–Crippen MR) is 63.7 cm³/mol. The van der Waals surface area contributed by atoms with Crippen molar-refractivity contribution in [3.05, 3.63) is 36.2 Å². The van der Waals surface area contributed by atoms with Crippen LogP contribution in [-0.2, 0) is 0 Å². The summed E-state index contributed by atoms with van der Waals surface area (Å²) in [5, 5.41) is 0. The highest BCUT2D eigenvalue weighted by Gasteiger charge is 2.01. The fraction of sp³-hybridized carbons (Fsp3) is 0.417. The minimum Gasteiger partial charge on any atom is -0.336 e. The van der Waals surface area contributed by atoms with E-state index in [1.165, 1.54) is 11.1 Å². The molecule has 0 aromatic carbocycles. The largest absolute Gasteiger partial charge is 0.336 e. The first-order chi connectivity index (χ1) is 6.65. The molecule has 0 spiro atoms. The van der Waals surface area contributed by atoms with Crippen molar-refractivity contribution in [1.29, 1.82) is 0 Å². The van der Waals surface area contributed by atoms with Gasteiger partial charge in [0.1, 0.15) is 5.82 Å². The van der Waals surface area contributed by atoms with Crippen LogP contribution in [0.3, 0.4) is 0 Å². The lowest BCUT2D eigenvalue weighted by atomic mass is 10.2. The van der Waals surface area contributed by atoms with E-state index in [1.807, 2.05) is 38.9 Å². The van der Waals surface area contributed by atoms with Crippen molar-refractivity contribution < 1.29 is 0 Å². The summed E-state index contributed by atoms with van der Waals surface area (Å²) in [7, 11) is 1.94. The third kappa shape index (κ3) is 3.21. The Morgan fingerprint density at radius 1 is 1.36 bits per heavy atom. The number of aryl methyl sites for hydroxylation is 2. The Morgan fingerprint density at radius 3 is 2.36 bits per heavy atom. The highest BCUT2D eigenvalue weighted by atomic mass is 15.1. The van der Waals surface area contributed by atoms with E-state index < -0.39 is 0 Å². The van der Waals surface area contributed by atoms with Crippen molar-refractivity contribution in [2.45, 2.75) is 27.7 Å². The molecule has 0 saturated carbocycles. The molecule has 1 heterocycles. The summed E-state index contributed by atoms with van der Waals surface area (Å²) in [6, 6.07) is 2.11. The van der Waals surface area contributed by atoms with Crippen LogP contribution in [0.15, 0.2) is 25.0 Å². The zero-order valence-corrected chi connectivity index (χ0v) is 9.83. The number of hydrogen-bond acceptors (Lipinski definition) is 2. The molecule has 0 aliphatic heterocycles. The summed E-state index contributed by atoms with van der Waals surface area (Å²) in [6.07, 6.45) is 3.62. The second-order valence-corrected chi connectivity index (χ2v) is 2.95. The average Bonchev–Trinajstić information content (AvgIpc) is 2.20. The number of nitrogens with zero attached hydrogens (tertiary/aromatic N) is 2. The van der Waals surface area contributed by atoms with Gasteiger partial charge >= 0.3 is 0 Å². The summed E-state index contributed by atoms with van der Waals surface area (Å²) >= 11 is 0. The molecule has 0 aliphatic rings. The summed E-state index contributed by atoms with van der Waals surface area (Å²) in [5.74, 6) is 0.968. The maximum atomic E-state index is 4.30. The minimum absolute atomic E-state index is 0.968. The van der Waals surface area contributed by atoms with Gasteiger partial charge in [0.2, 0.25) is 0 Å². The van der Waals surface area contributed by atoms with Crippen LogP contribution in [0.2, 0.25) is 0 Å². The lowest BCUT2D eigenvalue weighted by molar-refractivity contribution is 1.09. The third-order valence-electron chi connectivity index (χ3n) is 1.80. The van der Waals surface area contributed by atoms with Crippen molar-refractivity contribution in [3.8, 4) is 0 Å². The number of anilines is 1. The van der Waals surface area contributed by atoms with Crippen LogP contribution in [0, 0.1) is 13.8 Å². The normalized spacial score (nSPS) is 8.64. The van der Waals surface area contributed by atoms with Crippen molar-refractivity contribution in [3.63, 3.8) is 0 Å². The standard InChI is InChI=1S/C10H14N2.C2H6/c1-5-12(4)10-9(3)6-8(2)7-11-10;1-2/h5-7H,1H2,2-4H3;1-2H3. The average molecular weight is 192 g/mol. The zero-order valence-electron chi connectivity index (χ0n) is 9.83. The monoisotopic (exact) mass is 192 g/mol. The van der Waals surface area contributed by atoms with Crippen LogP contribution < -0.4 is 4.90 Å². The Hall–Kier alpha value is -1.31. The zero-order chi connectivity index (χ0) is 11.1. The second kappa shape index (κ2) is 6.19. The van der Waals surface area contributed by atoms with Crippen LogP contribution >= 0.6 is 0 Å². The quantitative estimate of drug-likeness (QED) is 0.714. The van der Waals surface area contributed by atoms with Crippen LogP contribution in [0.5, 0.6) is 0 Å². The Labute approximate surface area is 87.3 Å². The molecule has 0 radical (unpaired) electrons.